The molecule has 1 aliphatic carbocycles. The van der Waals surface area contributed by atoms with Crippen LogP contribution in [0.15, 0.2) is 0 Å². The molecular formula is C13H24N2O3. The second-order valence-corrected chi connectivity index (χ2v) is 5.73. The van der Waals surface area contributed by atoms with Crippen molar-refractivity contribution in [3.05, 3.63) is 0 Å². The maximum atomic E-state index is 11.8. The van der Waals surface area contributed by atoms with Gasteiger partial charge in [0.15, 0.2) is 0 Å². The molecule has 1 aliphatic rings. The van der Waals surface area contributed by atoms with Crippen LogP contribution in [0.1, 0.15) is 52.9 Å². The zero-order valence-corrected chi connectivity index (χ0v) is 11.5. The summed E-state index contributed by atoms with van der Waals surface area (Å²) < 4.78 is 0. The molecule has 0 aromatic heterocycles. The molecule has 0 bridgehead atoms. The van der Waals surface area contributed by atoms with Gasteiger partial charge >= 0.3 is 12.0 Å². The molecule has 3 N–H and O–H groups in total. The van der Waals surface area contributed by atoms with Gasteiger partial charge in [-0.25, -0.2) is 4.79 Å². The molecule has 104 valence electrons. The molecule has 5 nitrogen and oxygen atoms in total. The third-order valence-electron chi connectivity index (χ3n) is 3.69. The van der Waals surface area contributed by atoms with Crippen LogP contribution in [-0.4, -0.2) is 28.7 Å². The SMILES string of the molecule is CCC(C)(C)NC(=O)NC1CCCC(C(=O)O)C1. The second-order valence-electron chi connectivity index (χ2n) is 5.73. The van der Waals surface area contributed by atoms with Gasteiger partial charge in [0.2, 0.25) is 0 Å². The van der Waals surface area contributed by atoms with Crippen LogP contribution in [0.25, 0.3) is 0 Å². The highest BCUT2D eigenvalue weighted by Gasteiger charge is 2.28. The van der Waals surface area contributed by atoms with Crippen LogP contribution in [0.2, 0.25) is 0 Å². The molecule has 1 saturated carbocycles. The van der Waals surface area contributed by atoms with Gasteiger partial charge in [0.05, 0.1) is 5.92 Å². The summed E-state index contributed by atoms with van der Waals surface area (Å²) in [5.74, 6) is -1.07. The van der Waals surface area contributed by atoms with Crippen LogP contribution in [0.4, 0.5) is 4.79 Å². The number of urea groups is 1. The van der Waals surface area contributed by atoms with Gasteiger partial charge in [-0.3, -0.25) is 4.79 Å². The number of carbonyl (C=O) groups is 2. The Hall–Kier alpha value is -1.26. The maximum Gasteiger partial charge on any atom is 0.315 e. The van der Waals surface area contributed by atoms with E-state index < -0.39 is 5.97 Å². The Morgan fingerprint density at radius 3 is 2.56 bits per heavy atom. The molecular weight excluding hydrogens is 232 g/mol. The Bertz CT molecular complexity index is 315. The fourth-order valence-corrected chi connectivity index (χ4v) is 2.16. The molecule has 0 heterocycles. The van der Waals surface area contributed by atoms with Crippen molar-refractivity contribution in [2.24, 2.45) is 5.92 Å². The summed E-state index contributed by atoms with van der Waals surface area (Å²) in [6.45, 7) is 5.95. The van der Waals surface area contributed by atoms with E-state index in [0.717, 1.165) is 25.7 Å². The third-order valence-corrected chi connectivity index (χ3v) is 3.69. The second kappa shape index (κ2) is 6.07. The minimum atomic E-state index is -0.754. The predicted octanol–water partition coefficient (Wildman–Crippen LogP) is 2.12. The molecule has 0 saturated heterocycles. The van der Waals surface area contributed by atoms with E-state index in [-0.39, 0.29) is 23.5 Å². The lowest BCUT2D eigenvalue weighted by molar-refractivity contribution is -0.143. The van der Waals surface area contributed by atoms with Crippen molar-refractivity contribution in [1.82, 2.24) is 10.6 Å². The Morgan fingerprint density at radius 2 is 2.00 bits per heavy atom. The third kappa shape index (κ3) is 4.55. The number of amides is 2. The van der Waals surface area contributed by atoms with Crippen molar-refractivity contribution in [3.8, 4) is 0 Å². The molecule has 1 fully saturated rings. The Balaban J connectivity index is 2.42. The molecule has 2 amide bonds. The van der Waals surface area contributed by atoms with Crippen LogP contribution in [0.3, 0.4) is 0 Å². The van der Waals surface area contributed by atoms with Crippen LogP contribution in [-0.2, 0) is 4.79 Å². The average Bonchev–Trinajstić information content (AvgIpc) is 2.28. The number of carboxylic acids is 1. The Morgan fingerprint density at radius 1 is 1.33 bits per heavy atom. The van der Waals surface area contributed by atoms with Gasteiger partial charge < -0.3 is 15.7 Å². The number of rotatable bonds is 4. The number of carbonyl (C=O) groups excluding carboxylic acids is 1. The molecule has 0 spiro atoms. The summed E-state index contributed by atoms with van der Waals surface area (Å²) in [6.07, 6.45) is 3.83. The molecule has 0 aliphatic heterocycles. The van der Waals surface area contributed by atoms with Crippen molar-refractivity contribution in [2.75, 3.05) is 0 Å². The van der Waals surface area contributed by atoms with Gasteiger partial charge in [0.1, 0.15) is 0 Å². The lowest BCUT2D eigenvalue weighted by Crippen LogP contribution is -2.51. The highest BCUT2D eigenvalue weighted by Crippen LogP contribution is 2.24. The molecule has 5 heteroatoms. The Kier molecular flexibility index (Phi) is 4.99. The molecule has 0 radical (unpaired) electrons. The van der Waals surface area contributed by atoms with E-state index in [1.807, 2.05) is 20.8 Å². The number of aliphatic carboxylic acids is 1. The van der Waals surface area contributed by atoms with Crippen molar-refractivity contribution in [1.29, 1.82) is 0 Å². The predicted molar refractivity (Wildman–Crippen MR) is 69.4 cm³/mol. The summed E-state index contributed by atoms with van der Waals surface area (Å²) in [4.78, 5) is 22.7. The summed E-state index contributed by atoms with van der Waals surface area (Å²) in [5, 5.41) is 14.8. The van der Waals surface area contributed by atoms with Crippen LogP contribution >= 0.6 is 0 Å². The standard InChI is InChI=1S/C13H24N2O3/c1-4-13(2,3)15-12(18)14-10-7-5-6-9(8-10)11(16)17/h9-10H,4-8H2,1-3H3,(H,16,17)(H2,14,15,18). The molecule has 1 rings (SSSR count). The van der Waals surface area contributed by atoms with E-state index >= 15 is 0 Å². The highest BCUT2D eigenvalue weighted by atomic mass is 16.4. The average molecular weight is 256 g/mol. The fraction of sp³-hybridized carbons (Fsp3) is 0.846. The van der Waals surface area contributed by atoms with Crippen LogP contribution in [0.5, 0.6) is 0 Å². The summed E-state index contributed by atoms with van der Waals surface area (Å²) in [6, 6.07) is -0.217. The van der Waals surface area contributed by atoms with E-state index in [9.17, 15) is 9.59 Å². The largest absolute Gasteiger partial charge is 0.481 e. The van der Waals surface area contributed by atoms with Crippen molar-refractivity contribution < 1.29 is 14.7 Å². The normalized spacial score (nSPS) is 24.4. The van der Waals surface area contributed by atoms with E-state index in [2.05, 4.69) is 10.6 Å². The summed E-state index contributed by atoms with van der Waals surface area (Å²) in [7, 11) is 0. The van der Waals surface area contributed by atoms with Gasteiger partial charge in [0.25, 0.3) is 0 Å². The first kappa shape index (κ1) is 14.8. The van der Waals surface area contributed by atoms with Crippen LogP contribution < -0.4 is 10.6 Å². The van der Waals surface area contributed by atoms with E-state index in [1.54, 1.807) is 0 Å². The van der Waals surface area contributed by atoms with Gasteiger partial charge in [-0.15, -0.1) is 0 Å². The Labute approximate surface area is 108 Å². The van der Waals surface area contributed by atoms with Gasteiger partial charge in [0, 0.05) is 11.6 Å². The fourth-order valence-electron chi connectivity index (χ4n) is 2.16. The summed E-state index contributed by atoms with van der Waals surface area (Å²) in [5.41, 5.74) is -0.231. The topological polar surface area (TPSA) is 78.4 Å². The lowest BCUT2D eigenvalue weighted by atomic mass is 9.86. The number of hydrogen-bond acceptors (Lipinski definition) is 2. The zero-order valence-electron chi connectivity index (χ0n) is 11.5. The summed E-state index contributed by atoms with van der Waals surface area (Å²) >= 11 is 0. The first-order valence-corrected chi connectivity index (χ1v) is 6.65. The number of hydrogen-bond donors (Lipinski definition) is 3. The van der Waals surface area contributed by atoms with Crippen LogP contribution in [0, 0.1) is 5.92 Å². The minimum absolute atomic E-state index is 0.0208. The van der Waals surface area contributed by atoms with Crippen molar-refractivity contribution >= 4 is 12.0 Å². The lowest BCUT2D eigenvalue weighted by Gasteiger charge is -2.30. The van der Waals surface area contributed by atoms with E-state index in [4.69, 9.17) is 5.11 Å². The van der Waals surface area contributed by atoms with Gasteiger partial charge in [-0.2, -0.15) is 0 Å². The van der Waals surface area contributed by atoms with Crippen molar-refractivity contribution in [2.45, 2.75) is 64.5 Å². The smallest absolute Gasteiger partial charge is 0.315 e. The monoisotopic (exact) mass is 256 g/mol. The highest BCUT2D eigenvalue weighted by molar-refractivity contribution is 5.75. The van der Waals surface area contributed by atoms with E-state index in [0.29, 0.717) is 6.42 Å². The zero-order chi connectivity index (χ0) is 13.8. The van der Waals surface area contributed by atoms with Crippen molar-refractivity contribution in [3.63, 3.8) is 0 Å². The molecule has 18 heavy (non-hydrogen) atoms. The quantitative estimate of drug-likeness (QED) is 0.721. The first-order valence-electron chi connectivity index (χ1n) is 6.65. The molecule has 0 aromatic carbocycles. The molecule has 2 unspecified atom stereocenters. The molecule has 2 atom stereocenters. The molecule has 0 aromatic rings. The minimum Gasteiger partial charge on any atom is -0.481 e. The number of nitrogens with one attached hydrogen (secondary N) is 2. The number of carboxylic acid groups (broad SMARTS) is 1. The van der Waals surface area contributed by atoms with Gasteiger partial charge in [-0.05, 0) is 39.5 Å². The van der Waals surface area contributed by atoms with Gasteiger partial charge in [-0.1, -0.05) is 13.3 Å². The van der Waals surface area contributed by atoms with E-state index in [1.165, 1.54) is 0 Å². The maximum absolute atomic E-state index is 11.8. The first-order chi connectivity index (χ1) is 8.34.